The molecule has 1 heterocycles. The molecule has 1 saturated carbocycles. The first-order valence-electron chi connectivity index (χ1n) is 7.43. The largest absolute Gasteiger partial charge is 0.452 e. The van der Waals surface area contributed by atoms with E-state index in [9.17, 15) is 8.42 Å². The van der Waals surface area contributed by atoms with Crippen molar-refractivity contribution in [2.45, 2.75) is 63.6 Å². The van der Waals surface area contributed by atoms with Crippen LogP contribution in [0.3, 0.4) is 0 Å². The SMILES string of the molecule is CCC(C)N(CC)S(=O)(=O)c1cc(CNC2CC2)oc1Br. The number of hydrogen-bond donors (Lipinski definition) is 1. The molecule has 0 bridgehead atoms. The van der Waals surface area contributed by atoms with E-state index in [0.717, 1.165) is 6.42 Å². The second kappa shape index (κ2) is 6.81. The summed E-state index contributed by atoms with van der Waals surface area (Å²) in [6.07, 6.45) is 3.15. The maximum absolute atomic E-state index is 12.8. The molecule has 0 saturated heterocycles. The van der Waals surface area contributed by atoms with E-state index in [2.05, 4.69) is 21.2 Å². The maximum atomic E-state index is 12.8. The molecule has 1 aromatic heterocycles. The highest BCUT2D eigenvalue weighted by Gasteiger charge is 2.31. The Kier molecular flexibility index (Phi) is 5.51. The standard InChI is InChI=1S/C14H23BrN2O3S/c1-4-10(3)17(5-2)21(18,19)13-8-12(20-14(13)15)9-16-11-6-7-11/h8,10-11,16H,4-7,9H2,1-3H3. The van der Waals surface area contributed by atoms with Crippen LogP contribution in [-0.4, -0.2) is 31.4 Å². The molecule has 1 unspecified atom stereocenters. The second-order valence-corrected chi connectivity index (χ2v) is 8.05. The average Bonchev–Trinajstić information content (AvgIpc) is 3.18. The topological polar surface area (TPSA) is 62.6 Å². The zero-order valence-electron chi connectivity index (χ0n) is 12.7. The Balaban J connectivity index is 2.21. The number of nitrogens with one attached hydrogen (secondary N) is 1. The number of furan rings is 1. The summed E-state index contributed by atoms with van der Waals surface area (Å²) >= 11 is 3.24. The minimum atomic E-state index is -3.53. The highest BCUT2D eigenvalue weighted by Crippen LogP contribution is 2.30. The molecule has 1 fully saturated rings. The van der Waals surface area contributed by atoms with E-state index in [0.29, 0.717) is 24.9 Å². The highest BCUT2D eigenvalue weighted by molar-refractivity contribution is 9.10. The molecule has 1 aliphatic carbocycles. The van der Waals surface area contributed by atoms with Crippen molar-refractivity contribution in [3.8, 4) is 0 Å². The molecule has 5 nitrogen and oxygen atoms in total. The van der Waals surface area contributed by atoms with Crippen molar-refractivity contribution in [2.24, 2.45) is 0 Å². The number of hydrogen-bond acceptors (Lipinski definition) is 4. The molecular formula is C14H23BrN2O3S. The molecule has 21 heavy (non-hydrogen) atoms. The Morgan fingerprint density at radius 1 is 1.48 bits per heavy atom. The van der Waals surface area contributed by atoms with Crippen LogP contribution in [0.1, 0.15) is 45.8 Å². The van der Waals surface area contributed by atoms with E-state index < -0.39 is 10.0 Å². The summed E-state index contributed by atoms with van der Waals surface area (Å²) in [5.74, 6) is 0.646. The molecule has 1 N–H and O–H groups in total. The van der Waals surface area contributed by atoms with Gasteiger partial charge in [0.25, 0.3) is 0 Å². The first-order chi connectivity index (χ1) is 9.90. The van der Waals surface area contributed by atoms with Crippen molar-refractivity contribution in [1.82, 2.24) is 9.62 Å². The molecule has 0 radical (unpaired) electrons. The lowest BCUT2D eigenvalue weighted by molar-refractivity contribution is 0.341. The van der Waals surface area contributed by atoms with Crippen LogP contribution in [0.25, 0.3) is 0 Å². The monoisotopic (exact) mass is 378 g/mol. The Bertz CT molecular complexity index is 581. The molecule has 1 aromatic rings. The van der Waals surface area contributed by atoms with Gasteiger partial charge < -0.3 is 9.73 Å². The van der Waals surface area contributed by atoms with E-state index in [1.807, 2.05) is 20.8 Å². The van der Waals surface area contributed by atoms with E-state index in [4.69, 9.17) is 4.42 Å². The summed E-state index contributed by atoms with van der Waals surface area (Å²) in [7, 11) is -3.53. The zero-order valence-corrected chi connectivity index (χ0v) is 15.1. The van der Waals surface area contributed by atoms with Gasteiger partial charge in [0.1, 0.15) is 10.7 Å². The van der Waals surface area contributed by atoms with E-state index in [-0.39, 0.29) is 15.6 Å². The van der Waals surface area contributed by atoms with Crippen LogP contribution in [-0.2, 0) is 16.6 Å². The molecule has 7 heteroatoms. The number of sulfonamides is 1. The van der Waals surface area contributed by atoms with Crippen molar-refractivity contribution in [3.05, 3.63) is 16.5 Å². The zero-order chi connectivity index (χ0) is 15.6. The number of rotatable bonds is 8. The Morgan fingerprint density at radius 2 is 2.14 bits per heavy atom. The van der Waals surface area contributed by atoms with Gasteiger partial charge in [-0.25, -0.2) is 8.42 Å². The Morgan fingerprint density at radius 3 is 2.67 bits per heavy atom. The van der Waals surface area contributed by atoms with Crippen LogP contribution in [0.15, 0.2) is 20.0 Å². The summed E-state index contributed by atoms with van der Waals surface area (Å²) in [4.78, 5) is 0.220. The van der Waals surface area contributed by atoms with Gasteiger partial charge in [0.05, 0.1) is 6.54 Å². The van der Waals surface area contributed by atoms with Gasteiger partial charge in [0, 0.05) is 24.7 Å². The van der Waals surface area contributed by atoms with Gasteiger partial charge in [-0.2, -0.15) is 4.31 Å². The van der Waals surface area contributed by atoms with Gasteiger partial charge in [-0.05, 0) is 42.1 Å². The molecule has 0 aromatic carbocycles. The molecule has 0 spiro atoms. The third-order valence-corrected chi connectivity index (χ3v) is 6.78. The number of halogens is 1. The van der Waals surface area contributed by atoms with Gasteiger partial charge in [0.2, 0.25) is 10.0 Å². The van der Waals surface area contributed by atoms with Gasteiger partial charge >= 0.3 is 0 Å². The van der Waals surface area contributed by atoms with Crippen LogP contribution >= 0.6 is 15.9 Å². The lowest BCUT2D eigenvalue weighted by Crippen LogP contribution is -2.38. The fourth-order valence-corrected chi connectivity index (χ4v) is 4.92. The van der Waals surface area contributed by atoms with Crippen molar-refractivity contribution in [1.29, 1.82) is 0 Å². The molecular weight excluding hydrogens is 356 g/mol. The van der Waals surface area contributed by atoms with E-state index in [1.165, 1.54) is 17.1 Å². The summed E-state index contributed by atoms with van der Waals surface area (Å²) in [5, 5.41) is 3.32. The first-order valence-corrected chi connectivity index (χ1v) is 9.66. The van der Waals surface area contributed by atoms with Crippen LogP contribution in [0.5, 0.6) is 0 Å². The minimum Gasteiger partial charge on any atom is -0.452 e. The average molecular weight is 379 g/mol. The van der Waals surface area contributed by atoms with Crippen LogP contribution in [0.2, 0.25) is 0 Å². The lowest BCUT2D eigenvalue weighted by atomic mass is 10.3. The quantitative estimate of drug-likeness (QED) is 0.754. The van der Waals surface area contributed by atoms with E-state index in [1.54, 1.807) is 6.07 Å². The lowest BCUT2D eigenvalue weighted by Gasteiger charge is -2.25. The van der Waals surface area contributed by atoms with Gasteiger partial charge in [0.15, 0.2) is 4.67 Å². The van der Waals surface area contributed by atoms with Crippen LogP contribution < -0.4 is 5.32 Å². The van der Waals surface area contributed by atoms with Crippen molar-refractivity contribution >= 4 is 26.0 Å². The molecule has 0 aliphatic heterocycles. The molecule has 2 rings (SSSR count). The van der Waals surface area contributed by atoms with Crippen LogP contribution in [0, 0.1) is 0 Å². The molecule has 120 valence electrons. The number of nitrogens with zero attached hydrogens (tertiary/aromatic N) is 1. The fourth-order valence-electron chi connectivity index (χ4n) is 2.24. The van der Waals surface area contributed by atoms with Gasteiger partial charge in [-0.1, -0.05) is 13.8 Å². The summed E-state index contributed by atoms with van der Waals surface area (Å²) in [6.45, 7) is 6.77. The summed E-state index contributed by atoms with van der Waals surface area (Å²) < 4.78 is 32.9. The molecule has 0 amide bonds. The third kappa shape index (κ3) is 3.88. The molecule has 1 aliphatic rings. The third-order valence-electron chi connectivity index (χ3n) is 3.83. The molecule has 1 atom stereocenters. The summed E-state index contributed by atoms with van der Waals surface area (Å²) in [6, 6.07) is 2.15. The minimum absolute atomic E-state index is 0.0326. The predicted octanol–water partition coefficient (Wildman–Crippen LogP) is 3.10. The normalized spacial score (nSPS) is 17.4. The predicted molar refractivity (Wildman–Crippen MR) is 85.6 cm³/mol. The van der Waals surface area contributed by atoms with Crippen LogP contribution in [0.4, 0.5) is 0 Å². The van der Waals surface area contributed by atoms with Crippen molar-refractivity contribution < 1.29 is 12.8 Å². The summed E-state index contributed by atoms with van der Waals surface area (Å²) in [5.41, 5.74) is 0. The van der Waals surface area contributed by atoms with Gasteiger partial charge in [-0.15, -0.1) is 0 Å². The fraction of sp³-hybridized carbons (Fsp3) is 0.714. The second-order valence-electron chi connectivity index (χ2n) is 5.47. The highest BCUT2D eigenvalue weighted by atomic mass is 79.9. The smallest absolute Gasteiger partial charge is 0.247 e. The van der Waals surface area contributed by atoms with Gasteiger partial charge in [-0.3, -0.25) is 0 Å². The maximum Gasteiger partial charge on any atom is 0.247 e. The first kappa shape index (κ1) is 17.0. The van der Waals surface area contributed by atoms with Crippen molar-refractivity contribution in [2.75, 3.05) is 6.54 Å². The van der Waals surface area contributed by atoms with E-state index >= 15 is 0 Å². The van der Waals surface area contributed by atoms with Crippen molar-refractivity contribution in [3.63, 3.8) is 0 Å². The Labute approximate surface area is 135 Å². The Hall–Kier alpha value is -0.370.